The number of carbonyl (C=O) groups is 1. The first-order chi connectivity index (χ1) is 8.79. The van der Waals surface area contributed by atoms with Gasteiger partial charge in [0.1, 0.15) is 5.75 Å². The summed E-state index contributed by atoms with van der Waals surface area (Å²) in [5.74, 6) is 0.942. The van der Waals surface area contributed by atoms with Crippen molar-refractivity contribution in [3.8, 4) is 5.75 Å². The van der Waals surface area contributed by atoms with Gasteiger partial charge in [-0.3, -0.25) is 4.79 Å². The fourth-order valence-electron chi connectivity index (χ4n) is 2.13. The second-order valence-corrected chi connectivity index (χ2v) is 4.45. The number of rotatable bonds is 5. The lowest BCUT2D eigenvalue weighted by atomic mass is 10.2. The Labute approximate surface area is 108 Å². The maximum atomic E-state index is 11.8. The van der Waals surface area contributed by atoms with Gasteiger partial charge < -0.3 is 15.4 Å². The highest BCUT2D eigenvalue weighted by Crippen LogP contribution is 2.13. The summed E-state index contributed by atoms with van der Waals surface area (Å²) in [7, 11) is 0. The number of hydrogen-bond donors (Lipinski definition) is 2. The zero-order valence-corrected chi connectivity index (χ0v) is 10.7. The van der Waals surface area contributed by atoms with Gasteiger partial charge in [-0.1, -0.05) is 12.1 Å². The average molecular weight is 248 g/mol. The van der Waals surface area contributed by atoms with Gasteiger partial charge in [-0.05, 0) is 44.0 Å². The molecular formula is C14H20N2O2. The molecule has 0 spiro atoms. The molecule has 18 heavy (non-hydrogen) atoms. The Bertz CT molecular complexity index is 401. The van der Waals surface area contributed by atoms with E-state index in [1.54, 1.807) is 0 Å². The third kappa shape index (κ3) is 3.47. The van der Waals surface area contributed by atoms with Gasteiger partial charge in [0.05, 0.1) is 12.6 Å². The molecule has 0 radical (unpaired) electrons. The molecule has 1 fully saturated rings. The quantitative estimate of drug-likeness (QED) is 0.829. The smallest absolute Gasteiger partial charge is 0.237 e. The minimum Gasteiger partial charge on any atom is -0.494 e. The van der Waals surface area contributed by atoms with Gasteiger partial charge in [-0.25, -0.2) is 0 Å². The third-order valence-electron chi connectivity index (χ3n) is 3.05. The zero-order valence-electron chi connectivity index (χ0n) is 10.7. The van der Waals surface area contributed by atoms with Crippen LogP contribution in [0.2, 0.25) is 0 Å². The molecule has 0 saturated carbocycles. The highest BCUT2D eigenvalue weighted by atomic mass is 16.5. The molecule has 1 aromatic rings. The molecule has 1 amide bonds. The summed E-state index contributed by atoms with van der Waals surface area (Å²) in [6, 6.07) is 7.81. The molecule has 1 aromatic carbocycles. The lowest BCUT2D eigenvalue weighted by molar-refractivity contribution is -0.122. The van der Waals surface area contributed by atoms with E-state index in [0.717, 1.165) is 30.7 Å². The second kappa shape index (κ2) is 6.40. The first-order valence-corrected chi connectivity index (χ1v) is 6.52. The van der Waals surface area contributed by atoms with E-state index < -0.39 is 0 Å². The molecule has 4 heteroatoms. The van der Waals surface area contributed by atoms with E-state index in [4.69, 9.17) is 4.74 Å². The minimum atomic E-state index is -0.0138. The van der Waals surface area contributed by atoms with E-state index in [2.05, 4.69) is 10.6 Å². The Hall–Kier alpha value is -1.55. The molecule has 2 N–H and O–H groups in total. The van der Waals surface area contributed by atoms with Crippen LogP contribution >= 0.6 is 0 Å². The summed E-state index contributed by atoms with van der Waals surface area (Å²) in [6.07, 6.45) is 2.02. The molecular weight excluding hydrogens is 228 g/mol. The van der Waals surface area contributed by atoms with Crippen LogP contribution < -0.4 is 15.4 Å². The van der Waals surface area contributed by atoms with Crippen LogP contribution in [0.25, 0.3) is 0 Å². The number of amides is 1. The summed E-state index contributed by atoms with van der Waals surface area (Å²) in [6.45, 7) is 4.11. The fourth-order valence-corrected chi connectivity index (χ4v) is 2.13. The van der Waals surface area contributed by atoms with Gasteiger partial charge in [-0.15, -0.1) is 0 Å². The van der Waals surface area contributed by atoms with Crippen molar-refractivity contribution in [3.63, 3.8) is 0 Å². The van der Waals surface area contributed by atoms with Crippen molar-refractivity contribution in [1.82, 2.24) is 10.6 Å². The molecule has 0 unspecified atom stereocenters. The van der Waals surface area contributed by atoms with Crippen molar-refractivity contribution in [2.75, 3.05) is 13.2 Å². The van der Waals surface area contributed by atoms with Gasteiger partial charge in [0, 0.05) is 6.54 Å². The number of nitrogens with one attached hydrogen (secondary N) is 2. The van der Waals surface area contributed by atoms with Crippen LogP contribution in [0.3, 0.4) is 0 Å². The molecule has 0 aliphatic carbocycles. The van der Waals surface area contributed by atoms with E-state index in [9.17, 15) is 4.79 Å². The molecule has 2 rings (SSSR count). The zero-order chi connectivity index (χ0) is 12.8. The van der Waals surface area contributed by atoms with Crippen LogP contribution in [0, 0.1) is 0 Å². The molecule has 0 bridgehead atoms. The van der Waals surface area contributed by atoms with Gasteiger partial charge in [0.15, 0.2) is 0 Å². The normalized spacial score (nSPS) is 18.6. The standard InChI is InChI=1S/C14H20N2O2/c1-2-18-12-6-3-5-11(9-12)10-16-14(17)13-7-4-8-15-13/h3,5-6,9,13,15H,2,4,7-8,10H2,1H3,(H,16,17)/t13-/m1/s1. The summed E-state index contributed by atoms with van der Waals surface area (Å²) in [4.78, 5) is 11.8. The van der Waals surface area contributed by atoms with Crippen molar-refractivity contribution >= 4 is 5.91 Å². The molecule has 1 saturated heterocycles. The van der Waals surface area contributed by atoms with E-state index in [1.807, 2.05) is 31.2 Å². The van der Waals surface area contributed by atoms with Crippen molar-refractivity contribution in [1.29, 1.82) is 0 Å². The first-order valence-electron chi connectivity index (χ1n) is 6.52. The van der Waals surface area contributed by atoms with Crippen LogP contribution in [0.1, 0.15) is 25.3 Å². The number of ether oxygens (including phenoxy) is 1. The van der Waals surface area contributed by atoms with Crippen molar-refractivity contribution in [2.24, 2.45) is 0 Å². The predicted octanol–water partition coefficient (Wildman–Crippen LogP) is 1.45. The summed E-state index contributed by atoms with van der Waals surface area (Å²) < 4.78 is 5.43. The first kappa shape index (κ1) is 12.9. The Kier molecular flexibility index (Phi) is 4.59. The highest BCUT2D eigenvalue weighted by Gasteiger charge is 2.21. The largest absolute Gasteiger partial charge is 0.494 e. The topological polar surface area (TPSA) is 50.4 Å². The second-order valence-electron chi connectivity index (χ2n) is 4.45. The Morgan fingerprint density at radius 2 is 2.44 bits per heavy atom. The Morgan fingerprint density at radius 1 is 1.56 bits per heavy atom. The molecule has 1 aliphatic heterocycles. The van der Waals surface area contributed by atoms with Crippen molar-refractivity contribution < 1.29 is 9.53 Å². The van der Waals surface area contributed by atoms with Gasteiger partial charge in [-0.2, -0.15) is 0 Å². The van der Waals surface area contributed by atoms with Crippen LogP contribution in [0.15, 0.2) is 24.3 Å². The fraction of sp³-hybridized carbons (Fsp3) is 0.500. The lowest BCUT2D eigenvalue weighted by Crippen LogP contribution is -2.39. The van der Waals surface area contributed by atoms with Crippen LogP contribution in [-0.4, -0.2) is 25.1 Å². The maximum absolute atomic E-state index is 11.8. The van der Waals surface area contributed by atoms with Crippen molar-refractivity contribution in [3.05, 3.63) is 29.8 Å². The van der Waals surface area contributed by atoms with E-state index >= 15 is 0 Å². The summed E-state index contributed by atoms with van der Waals surface area (Å²) in [5.41, 5.74) is 1.06. The molecule has 98 valence electrons. The van der Waals surface area contributed by atoms with Gasteiger partial charge >= 0.3 is 0 Å². The molecule has 4 nitrogen and oxygen atoms in total. The van der Waals surface area contributed by atoms with Gasteiger partial charge in [0.2, 0.25) is 5.91 Å². The van der Waals surface area contributed by atoms with Gasteiger partial charge in [0.25, 0.3) is 0 Å². The summed E-state index contributed by atoms with van der Waals surface area (Å²) >= 11 is 0. The Balaban J connectivity index is 1.85. The summed E-state index contributed by atoms with van der Waals surface area (Å²) in [5, 5.41) is 6.14. The number of hydrogen-bond acceptors (Lipinski definition) is 3. The molecule has 0 aromatic heterocycles. The number of benzene rings is 1. The van der Waals surface area contributed by atoms with Crippen molar-refractivity contribution in [2.45, 2.75) is 32.4 Å². The van der Waals surface area contributed by atoms with E-state index in [0.29, 0.717) is 13.2 Å². The monoisotopic (exact) mass is 248 g/mol. The molecule has 1 aliphatic rings. The molecule has 1 atom stereocenters. The van der Waals surface area contributed by atoms with E-state index in [-0.39, 0.29) is 11.9 Å². The third-order valence-corrected chi connectivity index (χ3v) is 3.05. The predicted molar refractivity (Wildman–Crippen MR) is 70.5 cm³/mol. The minimum absolute atomic E-state index is 0.0138. The highest BCUT2D eigenvalue weighted by molar-refractivity contribution is 5.81. The average Bonchev–Trinajstić information content (AvgIpc) is 2.91. The Morgan fingerprint density at radius 3 is 3.17 bits per heavy atom. The SMILES string of the molecule is CCOc1cccc(CNC(=O)[C@H]2CCCN2)c1. The number of carbonyl (C=O) groups excluding carboxylic acids is 1. The lowest BCUT2D eigenvalue weighted by Gasteiger charge is -2.11. The van der Waals surface area contributed by atoms with E-state index in [1.165, 1.54) is 0 Å². The molecule has 1 heterocycles. The van der Waals surface area contributed by atoms with Crippen LogP contribution in [-0.2, 0) is 11.3 Å². The van der Waals surface area contributed by atoms with Crippen LogP contribution in [0.4, 0.5) is 0 Å². The van der Waals surface area contributed by atoms with Crippen LogP contribution in [0.5, 0.6) is 5.75 Å². The maximum Gasteiger partial charge on any atom is 0.237 e.